The molecule has 0 heterocycles. The third kappa shape index (κ3) is 2.82. The Labute approximate surface area is 122 Å². The van der Waals surface area contributed by atoms with Crippen LogP contribution >= 0.6 is 0 Å². The third-order valence-electron chi connectivity index (χ3n) is 4.19. The van der Waals surface area contributed by atoms with E-state index in [1.807, 2.05) is 0 Å². The zero-order chi connectivity index (χ0) is 15.0. The predicted octanol–water partition coefficient (Wildman–Crippen LogP) is 1.80. The number of nitro groups is 1. The molecule has 2 saturated carbocycles. The summed E-state index contributed by atoms with van der Waals surface area (Å²) in [4.78, 5) is 22.9. The van der Waals surface area contributed by atoms with E-state index in [0.29, 0.717) is 11.8 Å². The number of amides is 1. The van der Waals surface area contributed by atoms with Crippen molar-refractivity contribution in [1.82, 2.24) is 5.32 Å². The lowest BCUT2D eigenvalue weighted by atomic mass is 10.1. The first-order chi connectivity index (χ1) is 10.1. The summed E-state index contributed by atoms with van der Waals surface area (Å²) in [5.74, 6) is 6.20. The van der Waals surface area contributed by atoms with Crippen molar-refractivity contribution in [3.8, 4) is 0 Å². The number of rotatable bonds is 6. The summed E-state index contributed by atoms with van der Waals surface area (Å²) >= 11 is 0. The monoisotopic (exact) mass is 290 g/mol. The van der Waals surface area contributed by atoms with E-state index in [9.17, 15) is 14.9 Å². The van der Waals surface area contributed by atoms with Crippen molar-refractivity contribution < 1.29 is 9.72 Å². The maximum atomic E-state index is 12.4. The number of hydrogen-bond acceptors (Lipinski definition) is 5. The number of carbonyl (C=O) groups is 1. The fraction of sp³-hybridized carbons (Fsp3) is 0.500. The Balaban J connectivity index is 1.83. The highest BCUT2D eigenvalue weighted by Gasteiger charge is 2.42. The van der Waals surface area contributed by atoms with Gasteiger partial charge in [0, 0.05) is 12.1 Å². The third-order valence-corrected chi connectivity index (χ3v) is 4.19. The number of anilines is 1. The van der Waals surface area contributed by atoms with Crippen molar-refractivity contribution in [2.45, 2.75) is 31.7 Å². The van der Waals surface area contributed by atoms with E-state index in [4.69, 9.17) is 5.84 Å². The first kappa shape index (κ1) is 13.8. The van der Waals surface area contributed by atoms with Crippen molar-refractivity contribution in [3.63, 3.8) is 0 Å². The Morgan fingerprint density at radius 2 is 1.90 bits per heavy atom. The normalized spacial score (nSPS) is 17.6. The fourth-order valence-electron chi connectivity index (χ4n) is 2.79. The van der Waals surface area contributed by atoms with Gasteiger partial charge in [0.05, 0.1) is 10.5 Å². The number of nitrogens with zero attached hydrogens (tertiary/aromatic N) is 1. The van der Waals surface area contributed by atoms with Gasteiger partial charge in [-0.25, -0.2) is 0 Å². The summed E-state index contributed by atoms with van der Waals surface area (Å²) in [7, 11) is 0. The zero-order valence-electron chi connectivity index (χ0n) is 11.5. The standard InChI is InChI=1S/C14H18N4O3/c15-17-13-10(2-1-3-11(13)18(20)21)14(19)16-12(8-4-5-8)9-6-7-9/h1-3,8-9,12,17H,4-7,15H2,(H,16,19). The molecule has 21 heavy (non-hydrogen) atoms. The van der Waals surface area contributed by atoms with Gasteiger partial charge in [0.2, 0.25) is 0 Å². The number of hydrazine groups is 1. The summed E-state index contributed by atoms with van der Waals surface area (Å²) in [6.07, 6.45) is 4.60. The second kappa shape index (κ2) is 5.33. The molecule has 2 aliphatic rings. The van der Waals surface area contributed by atoms with Crippen molar-refractivity contribution >= 4 is 17.3 Å². The lowest BCUT2D eigenvalue weighted by molar-refractivity contribution is -0.384. The summed E-state index contributed by atoms with van der Waals surface area (Å²) < 4.78 is 0. The van der Waals surface area contributed by atoms with E-state index in [-0.39, 0.29) is 28.9 Å². The van der Waals surface area contributed by atoms with Gasteiger partial charge in [-0.2, -0.15) is 0 Å². The van der Waals surface area contributed by atoms with Gasteiger partial charge in [-0.05, 0) is 43.6 Å². The number of nitrogen functional groups attached to an aromatic ring is 1. The Morgan fingerprint density at radius 3 is 2.38 bits per heavy atom. The second-order valence-electron chi connectivity index (χ2n) is 5.78. The first-order valence-electron chi connectivity index (χ1n) is 7.16. The van der Waals surface area contributed by atoms with Gasteiger partial charge in [-0.1, -0.05) is 6.07 Å². The number of benzene rings is 1. The van der Waals surface area contributed by atoms with Gasteiger partial charge >= 0.3 is 0 Å². The molecule has 0 aliphatic heterocycles. The van der Waals surface area contributed by atoms with Crippen LogP contribution in [0.1, 0.15) is 36.0 Å². The summed E-state index contributed by atoms with van der Waals surface area (Å²) in [6.45, 7) is 0. The Morgan fingerprint density at radius 1 is 1.29 bits per heavy atom. The average molecular weight is 290 g/mol. The topological polar surface area (TPSA) is 110 Å². The van der Waals surface area contributed by atoms with Crippen molar-refractivity contribution in [3.05, 3.63) is 33.9 Å². The minimum absolute atomic E-state index is 0.0605. The summed E-state index contributed by atoms with van der Waals surface area (Å²) in [5.41, 5.74) is 2.37. The molecule has 0 aromatic heterocycles. The molecule has 7 heteroatoms. The van der Waals surface area contributed by atoms with Crippen LogP contribution in [-0.2, 0) is 0 Å². The largest absolute Gasteiger partial charge is 0.349 e. The zero-order valence-corrected chi connectivity index (χ0v) is 11.5. The lowest BCUT2D eigenvalue weighted by Gasteiger charge is -2.18. The average Bonchev–Trinajstić information content (AvgIpc) is 3.36. The van der Waals surface area contributed by atoms with Gasteiger partial charge in [0.1, 0.15) is 5.69 Å². The molecule has 0 bridgehead atoms. The number of para-hydroxylation sites is 1. The molecule has 7 nitrogen and oxygen atoms in total. The second-order valence-corrected chi connectivity index (χ2v) is 5.78. The van der Waals surface area contributed by atoms with E-state index < -0.39 is 4.92 Å². The molecule has 1 amide bonds. The van der Waals surface area contributed by atoms with E-state index in [1.54, 1.807) is 6.07 Å². The number of hydrogen-bond donors (Lipinski definition) is 3. The number of nitro benzene ring substituents is 1. The Kier molecular flexibility index (Phi) is 3.50. The van der Waals surface area contributed by atoms with Gasteiger partial charge in [-0.3, -0.25) is 20.8 Å². The van der Waals surface area contributed by atoms with Crippen LogP contribution < -0.4 is 16.6 Å². The molecular formula is C14H18N4O3. The van der Waals surface area contributed by atoms with Gasteiger partial charge < -0.3 is 10.7 Å². The van der Waals surface area contributed by atoms with E-state index in [0.717, 1.165) is 25.7 Å². The molecule has 0 saturated heterocycles. The highest BCUT2D eigenvalue weighted by Crippen LogP contribution is 2.44. The Hall–Kier alpha value is -2.15. The molecule has 0 unspecified atom stereocenters. The summed E-state index contributed by atoms with van der Waals surface area (Å²) in [6, 6.07) is 4.57. The number of nitrogens with two attached hydrogens (primary N) is 1. The molecule has 2 aliphatic carbocycles. The van der Waals surface area contributed by atoms with Crippen molar-refractivity contribution in [2.24, 2.45) is 17.7 Å². The maximum Gasteiger partial charge on any atom is 0.294 e. The van der Waals surface area contributed by atoms with Crippen LogP contribution in [0.4, 0.5) is 11.4 Å². The van der Waals surface area contributed by atoms with Gasteiger partial charge in [-0.15, -0.1) is 0 Å². The number of carbonyl (C=O) groups excluding carboxylic acids is 1. The van der Waals surface area contributed by atoms with Gasteiger partial charge in [0.25, 0.3) is 11.6 Å². The maximum absolute atomic E-state index is 12.4. The Bertz CT molecular complexity index is 570. The van der Waals surface area contributed by atoms with E-state index in [2.05, 4.69) is 10.7 Å². The molecule has 0 atom stereocenters. The van der Waals surface area contributed by atoms with Crippen LogP contribution in [0.15, 0.2) is 18.2 Å². The lowest BCUT2D eigenvalue weighted by Crippen LogP contribution is -2.38. The molecule has 2 fully saturated rings. The van der Waals surface area contributed by atoms with E-state index >= 15 is 0 Å². The molecule has 112 valence electrons. The van der Waals surface area contributed by atoms with Crippen LogP contribution in [0.5, 0.6) is 0 Å². The minimum Gasteiger partial charge on any atom is -0.349 e. The minimum atomic E-state index is -0.550. The molecule has 0 radical (unpaired) electrons. The van der Waals surface area contributed by atoms with Crippen LogP contribution in [-0.4, -0.2) is 16.9 Å². The van der Waals surface area contributed by atoms with Crippen molar-refractivity contribution in [2.75, 3.05) is 5.43 Å². The molecule has 1 aromatic rings. The quantitative estimate of drug-likeness (QED) is 0.420. The predicted molar refractivity (Wildman–Crippen MR) is 77.6 cm³/mol. The highest BCUT2D eigenvalue weighted by molar-refractivity contribution is 6.01. The summed E-state index contributed by atoms with van der Waals surface area (Å²) in [5, 5.41) is 14.0. The molecule has 4 N–H and O–H groups in total. The fourth-order valence-corrected chi connectivity index (χ4v) is 2.79. The van der Waals surface area contributed by atoms with Crippen LogP contribution in [0, 0.1) is 22.0 Å². The van der Waals surface area contributed by atoms with Crippen molar-refractivity contribution in [1.29, 1.82) is 0 Å². The smallest absolute Gasteiger partial charge is 0.294 e. The molecule has 3 rings (SSSR count). The van der Waals surface area contributed by atoms with Gasteiger partial charge in [0.15, 0.2) is 0 Å². The SMILES string of the molecule is NNc1c(C(=O)NC(C2CC2)C2CC2)cccc1[N+](=O)[O-]. The molecular weight excluding hydrogens is 272 g/mol. The first-order valence-corrected chi connectivity index (χ1v) is 7.16. The number of nitrogens with one attached hydrogen (secondary N) is 2. The van der Waals surface area contributed by atoms with Crippen LogP contribution in [0.25, 0.3) is 0 Å². The van der Waals surface area contributed by atoms with Crippen LogP contribution in [0.2, 0.25) is 0 Å². The molecule has 1 aromatic carbocycles. The van der Waals surface area contributed by atoms with Crippen LogP contribution in [0.3, 0.4) is 0 Å². The highest BCUT2D eigenvalue weighted by atomic mass is 16.6. The molecule has 0 spiro atoms. The van der Waals surface area contributed by atoms with E-state index in [1.165, 1.54) is 12.1 Å².